The fourth-order valence-electron chi connectivity index (χ4n) is 0.943. The maximum absolute atomic E-state index is 11.2. The summed E-state index contributed by atoms with van der Waals surface area (Å²) in [7, 11) is 1.21. The highest BCUT2D eigenvalue weighted by atomic mass is 32.2. The first kappa shape index (κ1) is 10.8. The van der Waals surface area contributed by atoms with Crippen LogP contribution in [0.2, 0.25) is 0 Å². The van der Waals surface area contributed by atoms with Gasteiger partial charge in [-0.1, -0.05) is 11.8 Å². The molecule has 0 saturated heterocycles. The van der Waals surface area contributed by atoms with E-state index in [1.54, 1.807) is 0 Å². The Kier molecular flexibility index (Phi) is 3.29. The average Bonchev–Trinajstić information content (AvgIpc) is 2.45. The van der Waals surface area contributed by atoms with E-state index in [4.69, 9.17) is 0 Å². The summed E-state index contributed by atoms with van der Waals surface area (Å²) in [6, 6.07) is 0. The molecule has 0 aromatic heterocycles. The third-order valence-electron chi connectivity index (χ3n) is 1.50. The van der Waals surface area contributed by atoms with Crippen molar-refractivity contribution < 1.29 is 19.4 Å². The molecular formula is C8H9NO4S. The Morgan fingerprint density at radius 3 is 2.71 bits per heavy atom. The van der Waals surface area contributed by atoms with Gasteiger partial charge >= 0.3 is 5.97 Å². The van der Waals surface area contributed by atoms with Crippen molar-refractivity contribution in [3.63, 3.8) is 0 Å². The molecule has 0 bridgehead atoms. The third-order valence-corrected chi connectivity index (χ3v) is 2.48. The maximum atomic E-state index is 11.2. The lowest BCUT2D eigenvalue weighted by Gasteiger charge is -2.00. The van der Waals surface area contributed by atoms with Crippen molar-refractivity contribution in [3.8, 4) is 0 Å². The Bertz CT molecular complexity index is 345. The summed E-state index contributed by atoms with van der Waals surface area (Å²) in [4.78, 5) is 25.5. The minimum Gasteiger partial charge on any atom is -0.510 e. The number of carbonyl (C=O) groups excluding carboxylic acids is 2. The molecule has 0 fully saturated rings. The first-order chi connectivity index (χ1) is 6.56. The number of hydrogen-bond donors (Lipinski definition) is 1. The molecule has 0 aliphatic carbocycles. The Balaban J connectivity index is 3.03. The van der Waals surface area contributed by atoms with E-state index in [-0.39, 0.29) is 22.1 Å². The number of aliphatic imine (C=N–C) groups is 1. The number of rotatable bonds is 1. The molecule has 1 N–H and O–H groups in total. The van der Waals surface area contributed by atoms with Crippen LogP contribution in [0.5, 0.6) is 0 Å². The summed E-state index contributed by atoms with van der Waals surface area (Å²) in [6.45, 7) is 1.28. The molecule has 5 nitrogen and oxygen atoms in total. The third kappa shape index (κ3) is 2.14. The van der Waals surface area contributed by atoms with Gasteiger partial charge in [0.2, 0.25) is 5.91 Å². The Morgan fingerprint density at radius 1 is 1.57 bits per heavy atom. The lowest BCUT2D eigenvalue weighted by molar-refractivity contribution is -0.135. The molecule has 0 saturated carbocycles. The average molecular weight is 215 g/mol. The van der Waals surface area contributed by atoms with Crippen molar-refractivity contribution in [1.29, 1.82) is 0 Å². The molecule has 1 rings (SSSR count). The predicted octanol–water partition coefficient (Wildman–Crippen LogP) is 0.663. The van der Waals surface area contributed by atoms with Gasteiger partial charge in [0.15, 0.2) is 0 Å². The zero-order chi connectivity index (χ0) is 10.7. The summed E-state index contributed by atoms with van der Waals surface area (Å²) < 4.78 is 4.45. The van der Waals surface area contributed by atoms with E-state index in [9.17, 15) is 14.7 Å². The van der Waals surface area contributed by atoms with Gasteiger partial charge in [0.25, 0.3) is 0 Å². The van der Waals surface area contributed by atoms with Gasteiger partial charge in [-0.3, -0.25) is 4.79 Å². The number of aliphatic hydroxyl groups is 1. The van der Waals surface area contributed by atoms with Crippen LogP contribution in [-0.2, 0) is 14.3 Å². The summed E-state index contributed by atoms with van der Waals surface area (Å²) in [5, 5.41) is 9.56. The summed E-state index contributed by atoms with van der Waals surface area (Å²) in [6.07, 6.45) is 0. The Labute approximate surface area is 84.8 Å². The zero-order valence-electron chi connectivity index (χ0n) is 7.73. The monoisotopic (exact) mass is 215 g/mol. The van der Waals surface area contributed by atoms with Gasteiger partial charge in [0, 0.05) is 6.92 Å². The Hall–Kier alpha value is -1.30. The van der Waals surface area contributed by atoms with Gasteiger partial charge in [0.05, 0.1) is 12.9 Å². The standard InChI is InChI=1S/C8H9NO4S/c1-4(10)9-7-6(8(12)13-2)5(11)3-14-7/h11H,3H2,1-2H3. The van der Waals surface area contributed by atoms with Gasteiger partial charge in [-0.05, 0) is 0 Å². The van der Waals surface area contributed by atoms with Crippen LogP contribution in [0.1, 0.15) is 6.92 Å². The first-order valence-corrected chi connectivity index (χ1v) is 4.77. The smallest absolute Gasteiger partial charge is 0.344 e. The molecule has 0 spiro atoms. The SMILES string of the molecule is COC(=O)C1=C(O)CSC1=NC(C)=O. The molecule has 1 heterocycles. The Morgan fingerprint density at radius 2 is 2.21 bits per heavy atom. The van der Waals surface area contributed by atoms with Gasteiger partial charge < -0.3 is 9.84 Å². The molecule has 0 radical (unpaired) electrons. The molecular weight excluding hydrogens is 206 g/mol. The number of carbonyl (C=O) groups is 2. The van der Waals surface area contributed by atoms with Crippen LogP contribution in [0.25, 0.3) is 0 Å². The highest BCUT2D eigenvalue weighted by Gasteiger charge is 2.28. The van der Waals surface area contributed by atoms with Crippen molar-refractivity contribution >= 4 is 28.7 Å². The van der Waals surface area contributed by atoms with E-state index in [2.05, 4.69) is 9.73 Å². The van der Waals surface area contributed by atoms with E-state index in [1.807, 2.05) is 0 Å². The normalized spacial score (nSPS) is 18.9. The molecule has 76 valence electrons. The number of hydrogen-bond acceptors (Lipinski definition) is 5. The van der Waals surface area contributed by atoms with Gasteiger partial charge in [0.1, 0.15) is 16.4 Å². The molecule has 0 aromatic carbocycles. The lowest BCUT2D eigenvalue weighted by Crippen LogP contribution is -2.11. The summed E-state index contributed by atoms with van der Waals surface area (Å²) >= 11 is 1.13. The van der Waals surface area contributed by atoms with Crippen molar-refractivity contribution in [3.05, 3.63) is 11.3 Å². The largest absolute Gasteiger partial charge is 0.510 e. The van der Waals surface area contributed by atoms with Crippen molar-refractivity contribution in [1.82, 2.24) is 0 Å². The lowest BCUT2D eigenvalue weighted by atomic mass is 10.2. The van der Waals surface area contributed by atoms with E-state index in [1.165, 1.54) is 14.0 Å². The molecule has 1 amide bonds. The molecule has 0 atom stereocenters. The molecule has 0 unspecified atom stereocenters. The molecule has 14 heavy (non-hydrogen) atoms. The van der Waals surface area contributed by atoms with Crippen LogP contribution in [0.3, 0.4) is 0 Å². The van der Waals surface area contributed by atoms with E-state index < -0.39 is 11.9 Å². The van der Waals surface area contributed by atoms with Crippen LogP contribution in [-0.4, -0.2) is 34.9 Å². The van der Waals surface area contributed by atoms with Crippen LogP contribution in [0.4, 0.5) is 0 Å². The molecule has 1 aliphatic rings. The second kappa shape index (κ2) is 4.28. The zero-order valence-corrected chi connectivity index (χ0v) is 8.55. The minimum atomic E-state index is -0.674. The van der Waals surface area contributed by atoms with Crippen molar-refractivity contribution in [2.24, 2.45) is 4.99 Å². The summed E-state index contributed by atoms with van der Waals surface area (Å²) in [5.41, 5.74) is -0.00676. The number of nitrogens with zero attached hydrogens (tertiary/aromatic N) is 1. The van der Waals surface area contributed by atoms with Crippen molar-refractivity contribution in [2.75, 3.05) is 12.9 Å². The fraction of sp³-hybridized carbons (Fsp3) is 0.375. The van der Waals surface area contributed by atoms with Crippen LogP contribution >= 0.6 is 11.8 Å². The van der Waals surface area contributed by atoms with Crippen molar-refractivity contribution in [2.45, 2.75) is 6.92 Å². The van der Waals surface area contributed by atoms with Gasteiger partial charge in [-0.2, -0.15) is 0 Å². The van der Waals surface area contributed by atoms with Crippen LogP contribution in [0, 0.1) is 0 Å². The number of thioether (sulfide) groups is 1. The topological polar surface area (TPSA) is 76.0 Å². The van der Waals surface area contributed by atoms with Crippen LogP contribution in [0.15, 0.2) is 16.3 Å². The second-order valence-corrected chi connectivity index (χ2v) is 3.50. The highest BCUT2D eigenvalue weighted by Crippen LogP contribution is 2.27. The summed E-state index contributed by atoms with van der Waals surface area (Å²) in [5.74, 6) is -0.936. The number of amides is 1. The molecule has 1 aliphatic heterocycles. The highest BCUT2D eigenvalue weighted by molar-refractivity contribution is 8.15. The number of methoxy groups -OCH3 is 1. The van der Waals surface area contributed by atoms with E-state index >= 15 is 0 Å². The quantitative estimate of drug-likeness (QED) is 0.650. The second-order valence-electron chi connectivity index (χ2n) is 2.54. The number of esters is 1. The van der Waals surface area contributed by atoms with E-state index in [0.29, 0.717) is 0 Å². The van der Waals surface area contributed by atoms with E-state index in [0.717, 1.165) is 11.8 Å². The molecule has 0 aromatic rings. The van der Waals surface area contributed by atoms with Crippen LogP contribution < -0.4 is 0 Å². The predicted molar refractivity (Wildman–Crippen MR) is 52.2 cm³/mol. The first-order valence-electron chi connectivity index (χ1n) is 3.79. The van der Waals surface area contributed by atoms with Gasteiger partial charge in [-0.25, -0.2) is 9.79 Å². The van der Waals surface area contributed by atoms with Gasteiger partial charge in [-0.15, -0.1) is 0 Å². The number of ether oxygens (including phenoxy) is 1. The fourth-order valence-corrected chi connectivity index (χ4v) is 1.90. The molecule has 6 heteroatoms. The maximum Gasteiger partial charge on any atom is 0.344 e. The minimum absolute atomic E-state index is 0.00676. The number of aliphatic hydroxyl groups excluding tert-OH is 1.